The topological polar surface area (TPSA) is 65.4 Å². The molecule has 0 fully saturated rings. The molecule has 1 amide bonds. The van der Waals surface area contributed by atoms with Crippen molar-refractivity contribution in [3.05, 3.63) is 65.9 Å². The third kappa shape index (κ3) is 4.67. The Bertz CT molecular complexity index is 899. The zero-order valence-electron chi connectivity index (χ0n) is 15.7. The summed E-state index contributed by atoms with van der Waals surface area (Å²) >= 11 is 0. The van der Waals surface area contributed by atoms with Crippen LogP contribution in [0, 0.1) is 6.92 Å². The summed E-state index contributed by atoms with van der Waals surface area (Å²) in [6, 6.07) is 17.2. The Labute approximate surface area is 158 Å². The Morgan fingerprint density at radius 2 is 1.74 bits per heavy atom. The highest BCUT2D eigenvalue weighted by atomic mass is 16.5. The summed E-state index contributed by atoms with van der Waals surface area (Å²) in [5.41, 5.74) is 3.50. The number of amides is 1. The van der Waals surface area contributed by atoms with Gasteiger partial charge in [0.2, 0.25) is 0 Å². The molecule has 0 saturated heterocycles. The van der Waals surface area contributed by atoms with Gasteiger partial charge in [0.1, 0.15) is 18.1 Å². The number of benzene rings is 2. The number of aromatic nitrogens is 2. The lowest BCUT2D eigenvalue weighted by molar-refractivity contribution is 0.0941. The second-order valence-electron chi connectivity index (χ2n) is 6.18. The molecule has 1 heterocycles. The van der Waals surface area contributed by atoms with Gasteiger partial charge in [-0.25, -0.2) is 0 Å². The molecule has 0 atom stereocenters. The summed E-state index contributed by atoms with van der Waals surface area (Å²) in [5.74, 6) is 1.28. The molecule has 0 saturated carbocycles. The summed E-state index contributed by atoms with van der Waals surface area (Å²) in [7, 11) is 3.45. The lowest BCUT2D eigenvalue weighted by Crippen LogP contribution is -2.28. The van der Waals surface area contributed by atoms with Crippen LogP contribution in [-0.4, -0.2) is 35.9 Å². The van der Waals surface area contributed by atoms with Crippen molar-refractivity contribution in [2.45, 2.75) is 6.92 Å². The SMILES string of the molecule is COc1ccc(OCCNC(=O)c2cc(-c3ccc(C)cc3)n(C)n2)cc1. The summed E-state index contributed by atoms with van der Waals surface area (Å²) in [6.45, 7) is 2.80. The van der Waals surface area contributed by atoms with Gasteiger partial charge in [0.25, 0.3) is 5.91 Å². The van der Waals surface area contributed by atoms with E-state index in [0.717, 1.165) is 22.8 Å². The minimum absolute atomic E-state index is 0.220. The van der Waals surface area contributed by atoms with E-state index in [1.165, 1.54) is 5.56 Å². The fourth-order valence-electron chi connectivity index (χ4n) is 2.67. The van der Waals surface area contributed by atoms with Crippen LogP contribution in [0.15, 0.2) is 54.6 Å². The van der Waals surface area contributed by atoms with Crippen LogP contribution in [0.4, 0.5) is 0 Å². The van der Waals surface area contributed by atoms with E-state index in [4.69, 9.17) is 9.47 Å². The highest BCUT2D eigenvalue weighted by Gasteiger charge is 2.13. The maximum absolute atomic E-state index is 12.3. The molecule has 0 radical (unpaired) electrons. The molecule has 1 N–H and O–H groups in total. The van der Waals surface area contributed by atoms with Crippen molar-refractivity contribution < 1.29 is 14.3 Å². The van der Waals surface area contributed by atoms with E-state index in [2.05, 4.69) is 10.4 Å². The molecule has 2 aromatic carbocycles. The van der Waals surface area contributed by atoms with Crippen LogP contribution in [0.3, 0.4) is 0 Å². The van der Waals surface area contributed by atoms with Crippen LogP contribution in [0.5, 0.6) is 11.5 Å². The van der Waals surface area contributed by atoms with Crippen LogP contribution in [-0.2, 0) is 7.05 Å². The number of hydrogen-bond acceptors (Lipinski definition) is 4. The molecule has 1 aromatic heterocycles. The molecule has 0 aliphatic rings. The second kappa shape index (κ2) is 8.40. The van der Waals surface area contributed by atoms with E-state index in [-0.39, 0.29) is 5.91 Å². The molecule has 3 aromatic rings. The fourth-order valence-corrected chi connectivity index (χ4v) is 2.67. The lowest BCUT2D eigenvalue weighted by atomic mass is 10.1. The predicted molar refractivity (Wildman–Crippen MR) is 104 cm³/mol. The monoisotopic (exact) mass is 365 g/mol. The lowest BCUT2D eigenvalue weighted by Gasteiger charge is -2.07. The highest BCUT2D eigenvalue weighted by Crippen LogP contribution is 2.20. The van der Waals surface area contributed by atoms with E-state index in [1.54, 1.807) is 17.9 Å². The van der Waals surface area contributed by atoms with Gasteiger partial charge in [-0.2, -0.15) is 5.10 Å². The minimum atomic E-state index is -0.220. The van der Waals surface area contributed by atoms with Crippen LogP contribution >= 0.6 is 0 Å². The molecule has 0 unspecified atom stereocenters. The van der Waals surface area contributed by atoms with Crippen molar-refractivity contribution in [2.75, 3.05) is 20.3 Å². The van der Waals surface area contributed by atoms with E-state index in [1.807, 2.05) is 62.5 Å². The molecular formula is C21H23N3O3. The number of nitrogens with one attached hydrogen (secondary N) is 1. The number of aryl methyl sites for hydroxylation is 2. The number of carbonyl (C=O) groups is 1. The van der Waals surface area contributed by atoms with Gasteiger partial charge in [-0.1, -0.05) is 29.8 Å². The molecular weight excluding hydrogens is 342 g/mol. The van der Waals surface area contributed by atoms with Crippen LogP contribution in [0.1, 0.15) is 16.1 Å². The average molecular weight is 365 g/mol. The maximum Gasteiger partial charge on any atom is 0.271 e. The standard InChI is InChI=1S/C21H23N3O3/c1-15-4-6-16(7-5-15)20-14-19(23-24(20)2)21(25)22-12-13-27-18-10-8-17(26-3)9-11-18/h4-11,14H,12-13H2,1-3H3,(H,22,25). The van der Waals surface area contributed by atoms with Crippen LogP contribution in [0.25, 0.3) is 11.3 Å². The maximum atomic E-state index is 12.3. The summed E-state index contributed by atoms with van der Waals surface area (Å²) in [6.07, 6.45) is 0. The molecule has 0 spiro atoms. The minimum Gasteiger partial charge on any atom is -0.497 e. The van der Waals surface area contributed by atoms with Crippen molar-refractivity contribution in [1.82, 2.24) is 15.1 Å². The molecule has 6 nitrogen and oxygen atoms in total. The number of carbonyl (C=O) groups excluding carboxylic acids is 1. The number of methoxy groups -OCH3 is 1. The highest BCUT2D eigenvalue weighted by molar-refractivity contribution is 5.93. The number of ether oxygens (including phenoxy) is 2. The van der Waals surface area contributed by atoms with Gasteiger partial charge in [0, 0.05) is 7.05 Å². The summed E-state index contributed by atoms with van der Waals surface area (Å²) < 4.78 is 12.4. The predicted octanol–water partition coefficient (Wildman–Crippen LogP) is 3.21. The van der Waals surface area contributed by atoms with Gasteiger partial charge in [-0.3, -0.25) is 9.48 Å². The first kappa shape index (κ1) is 18.5. The van der Waals surface area contributed by atoms with Gasteiger partial charge < -0.3 is 14.8 Å². The van der Waals surface area contributed by atoms with E-state index < -0.39 is 0 Å². The molecule has 0 aliphatic heterocycles. The largest absolute Gasteiger partial charge is 0.497 e. The average Bonchev–Trinajstić information content (AvgIpc) is 3.08. The smallest absolute Gasteiger partial charge is 0.271 e. The van der Waals surface area contributed by atoms with Gasteiger partial charge in [-0.05, 0) is 42.8 Å². The van der Waals surface area contributed by atoms with Gasteiger partial charge in [0.05, 0.1) is 19.3 Å². The quantitative estimate of drug-likeness (QED) is 0.653. The van der Waals surface area contributed by atoms with Crippen molar-refractivity contribution in [3.63, 3.8) is 0 Å². The van der Waals surface area contributed by atoms with Crippen molar-refractivity contribution in [2.24, 2.45) is 7.05 Å². The zero-order valence-corrected chi connectivity index (χ0v) is 15.7. The molecule has 27 heavy (non-hydrogen) atoms. The first-order chi connectivity index (χ1) is 13.1. The summed E-state index contributed by atoms with van der Waals surface area (Å²) in [5, 5.41) is 7.14. The first-order valence-corrected chi connectivity index (χ1v) is 8.73. The van der Waals surface area contributed by atoms with E-state index >= 15 is 0 Å². The Hall–Kier alpha value is -3.28. The number of rotatable bonds is 7. The van der Waals surface area contributed by atoms with Crippen molar-refractivity contribution in [3.8, 4) is 22.8 Å². The Morgan fingerprint density at radius 1 is 1.07 bits per heavy atom. The van der Waals surface area contributed by atoms with Gasteiger partial charge in [0.15, 0.2) is 5.69 Å². The second-order valence-corrected chi connectivity index (χ2v) is 6.18. The van der Waals surface area contributed by atoms with E-state index in [9.17, 15) is 4.79 Å². The van der Waals surface area contributed by atoms with Crippen molar-refractivity contribution in [1.29, 1.82) is 0 Å². The molecule has 140 valence electrons. The molecule has 6 heteroatoms. The Balaban J connectivity index is 1.53. The molecule has 0 bridgehead atoms. The zero-order chi connectivity index (χ0) is 19.2. The molecule has 0 aliphatic carbocycles. The Kier molecular flexibility index (Phi) is 5.76. The summed E-state index contributed by atoms with van der Waals surface area (Å²) in [4.78, 5) is 12.3. The first-order valence-electron chi connectivity index (χ1n) is 8.73. The Morgan fingerprint density at radius 3 is 2.41 bits per heavy atom. The van der Waals surface area contributed by atoms with Crippen molar-refractivity contribution >= 4 is 5.91 Å². The normalized spacial score (nSPS) is 10.5. The third-order valence-corrected chi connectivity index (χ3v) is 4.18. The number of hydrogen-bond donors (Lipinski definition) is 1. The van der Waals surface area contributed by atoms with E-state index in [0.29, 0.717) is 18.8 Å². The van der Waals surface area contributed by atoms with Gasteiger partial charge in [-0.15, -0.1) is 0 Å². The van der Waals surface area contributed by atoms with Crippen LogP contribution in [0.2, 0.25) is 0 Å². The third-order valence-electron chi connectivity index (χ3n) is 4.18. The number of nitrogens with zero attached hydrogens (tertiary/aromatic N) is 2. The fraction of sp³-hybridized carbons (Fsp3) is 0.238. The van der Waals surface area contributed by atoms with Crippen LogP contribution < -0.4 is 14.8 Å². The van der Waals surface area contributed by atoms with Gasteiger partial charge >= 0.3 is 0 Å². The molecule has 3 rings (SSSR count).